The molecule has 0 atom stereocenters. The van der Waals surface area contributed by atoms with Crippen LogP contribution in [0.1, 0.15) is 38.3 Å². The number of rotatable bonds is 5. The molecular formula is C16H23NO4. The van der Waals surface area contributed by atoms with Crippen molar-refractivity contribution < 1.29 is 19.7 Å². The van der Waals surface area contributed by atoms with Crippen molar-refractivity contribution in [3.63, 3.8) is 0 Å². The van der Waals surface area contributed by atoms with Crippen molar-refractivity contribution in [2.45, 2.75) is 39.4 Å². The van der Waals surface area contributed by atoms with Crippen molar-refractivity contribution in [1.82, 2.24) is 5.32 Å². The summed E-state index contributed by atoms with van der Waals surface area (Å²) in [7, 11) is 0. The fourth-order valence-electron chi connectivity index (χ4n) is 1.63. The van der Waals surface area contributed by atoms with E-state index in [1.54, 1.807) is 18.2 Å². The highest BCUT2D eigenvalue weighted by atomic mass is 16.6. The normalized spacial score (nSPS) is 11.6. The van der Waals surface area contributed by atoms with Crippen LogP contribution in [0.4, 0.5) is 4.79 Å². The molecule has 5 heteroatoms. The number of carbonyl (C=O) groups is 1. The Hall–Kier alpha value is -2.01. The molecule has 1 aromatic carbocycles. The molecule has 1 rings (SSSR count). The minimum absolute atomic E-state index is 0.0845. The van der Waals surface area contributed by atoms with E-state index in [2.05, 4.69) is 5.32 Å². The first kappa shape index (κ1) is 17.0. The Bertz CT molecular complexity index is 503. The molecule has 0 bridgehead atoms. The largest absolute Gasteiger partial charge is 0.508 e. The Morgan fingerprint density at radius 3 is 2.71 bits per heavy atom. The van der Waals surface area contributed by atoms with Gasteiger partial charge in [-0.3, -0.25) is 0 Å². The molecule has 116 valence electrons. The van der Waals surface area contributed by atoms with Crippen molar-refractivity contribution >= 4 is 12.2 Å². The van der Waals surface area contributed by atoms with E-state index in [-0.39, 0.29) is 12.4 Å². The first-order chi connectivity index (χ1) is 9.81. The van der Waals surface area contributed by atoms with E-state index in [0.717, 1.165) is 5.56 Å². The maximum absolute atomic E-state index is 11.4. The van der Waals surface area contributed by atoms with Gasteiger partial charge in [0.25, 0.3) is 0 Å². The molecule has 21 heavy (non-hydrogen) atoms. The summed E-state index contributed by atoms with van der Waals surface area (Å²) in [6.07, 6.45) is 4.01. The third-order valence-corrected chi connectivity index (χ3v) is 2.56. The van der Waals surface area contributed by atoms with Gasteiger partial charge in [0.2, 0.25) is 0 Å². The Morgan fingerprint density at radius 2 is 2.10 bits per heavy atom. The zero-order valence-corrected chi connectivity index (χ0v) is 12.7. The van der Waals surface area contributed by atoms with Gasteiger partial charge in [0.15, 0.2) is 0 Å². The van der Waals surface area contributed by atoms with Crippen molar-refractivity contribution in [2.75, 3.05) is 6.54 Å². The van der Waals surface area contributed by atoms with Crippen molar-refractivity contribution in [2.24, 2.45) is 0 Å². The molecule has 0 fully saturated rings. The topological polar surface area (TPSA) is 78.8 Å². The third kappa shape index (κ3) is 6.81. The fraction of sp³-hybridized carbons (Fsp3) is 0.438. The number of aromatic hydroxyl groups is 1. The molecule has 1 aromatic rings. The summed E-state index contributed by atoms with van der Waals surface area (Å²) in [5.74, 6) is 0.0845. The van der Waals surface area contributed by atoms with Crippen LogP contribution in [-0.2, 0) is 11.3 Å². The lowest BCUT2D eigenvalue weighted by Gasteiger charge is -2.19. The maximum Gasteiger partial charge on any atom is 0.407 e. The zero-order chi connectivity index (χ0) is 15.9. The Labute approximate surface area is 125 Å². The van der Waals surface area contributed by atoms with Gasteiger partial charge in [0.05, 0.1) is 6.61 Å². The van der Waals surface area contributed by atoms with Crippen LogP contribution in [-0.4, -0.2) is 28.5 Å². The summed E-state index contributed by atoms with van der Waals surface area (Å²) in [6, 6.07) is 5.02. The van der Waals surface area contributed by atoms with Crippen LogP contribution < -0.4 is 5.32 Å². The molecule has 3 N–H and O–H groups in total. The lowest BCUT2D eigenvalue weighted by molar-refractivity contribution is 0.0529. The van der Waals surface area contributed by atoms with Gasteiger partial charge in [-0.15, -0.1) is 0 Å². The molecule has 0 aliphatic rings. The molecule has 1 amide bonds. The van der Waals surface area contributed by atoms with Gasteiger partial charge in [-0.1, -0.05) is 18.2 Å². The minimum Gasteiger partial charge on any atom is -0.508 e. The van der Waals surface area contributed by atoms with Gasteiger partial charge in [-0.05, 0) is 44.9 Å². The second kappa shape index (κ2) is 7.69. The van der Waals surface area contributed by atoms with Gasteiger partial charge >= 0.3 is 6.09 Å². The van der Waals surface area contributed by atoms with E-state index >= 15 is 0 Å². The number of amides is 1. The maximum atomic E-state index is 11.4. The van der Waals surface area contributed by atoms with E-state index in [4.69, 9.17) is 9.84 Å². The van der Waals surface area contributed by atoms with Crippen molar-refractivity contribution in [1.29, 1.82) is 0 Å². The highest BCUT2D eigenvalue weighted by Gasteiger charge is 2.15. The number of benzene rings is 1. The number of aliphatic hydroxyl groups is 1. The second-order valence-corrected chi connectivity index (χ2v) is 5.67. The quantitative estimate of drug-likeness (QED) is 0.729. The van der Waals surface area contributed by atoms with Gasteiger partial charge in [0, 0.05) is 12.1 Å². The van der Waals surface area contributed by atoms with E-state index < -0.39 is 11.7 Å². The number of aliphatic hydroxyl groups excluding tert-OH is 1. The number of hydrogen-bond donors (Lipinski definition) is 3. The first-order valence-electron chi connectivity index (χ1n) is 6.88. The van der Waals surface area contributed by atoms with Gasteiger partial charge in [-0.25, -0.2) is 4.79 Å². The lowest BCUT2D eigenvalue weighted by atomic mass is 10.1. The number of nitrogens with one attached hydrogen (secondary N) is 1. The smallest absolute Gasteiger partial charge is 0.407 e. The molecule has 0 unspecified atom stereocenters. The average Bonchev–Trinajstić information content (AvgIpc) is 2.38. The summed E-state index contributed by atoms with van der Waals surface area (Å²) in [5, 5.41) is 21.2. The van der Waals surface area contributed by atoms with Gasteiger partial charge in [0.1, 0.15) is 11.4 Å². The van der Waals surface area contributed by atoms with Crippen LogP contribution >= 0.6 is 0 Å². The molecule has 0 heterocycles. The van der Waals surface area contributed by atoms with E-state index in [1.807, 2.05) is 32.9 Å². The summed E-state index contributed by atoms with van der Waals surface area (Å²) in [4.78, 5) is 11.4. The van der Waals surface area contributed by atoms with E-state index in [1.165, 1.54) is 0 Å². The minimum atomic E-state index is -0.493. The number of ether oxygens (including phenoxy) is 1. The summed E-state index contributed by atoms with van der Waals surface area (Å²) in [6.45, 7) is 5.73. The molecule has 0 aliphatic carbocycles. The van der Waals surface area contributed by atoms with Crippen LogP contribution in [0.5, 0.6) is 5.75 Å². The second-order valence-electron chi connectivity index (χ2n) is 5.67. The van der Waals surface area contributed by atoms with Gasteiger partial charge in [-0.2, -0.15) is 0 Å². The van der Waals surface area contributed by atoms with Crippen molar-refractivity contribution in [3.05, 3.63) is 35.4 Å². The zero-order valence-electron chi connectivity index (χ0n) is 12.7. The molecule has 0 saturated carbocycles. The summed E-state index contributed by atoms with van der Waals surface area (Å²) in [5.41, 5.74) is 0.880. The number of phenols is 1. The number of hydrogen-bond acceptors (Lipinski definition) is 4. The van der Waals surface area contributed by atoms with Crippen LogP contribution in [0.15, 0.2) is 24.3 Å². The predicted octanol–water partition coefficient (Wildman–Crippen LogP) is 2.81. The fourth-order valence-corrected chi connectivity index (χ4v) is 1.63. The predicted molar refractivity (Wildman–Crippen MR) is 81.9 cm³/mol. The van der Waals surface area contributed by atoms with Crippen LogP contribution in [0.2, 0.25) is 0 Å². The average molecular weight is 293 g/mol. The number of alkyl carbamates (subject to hydrolysis) is 1. The molecule has 0 aromatic heterocycles. The Morgan fingerprint density at radius 1 is 1.38 bits per heavy atom. The number of carbonyl (C=O) groups excluding carboxylic acids is 1. The van der Waals surface area contributed by atoms with E-state index in [9.17, 15) is 9.90 Å². The molecular weight excluding hydrogens is 270 g/mol. The third-order valence-electron chi connectivity index (χ3n) is 2.56. The molecule has 5 nitrogen and oxygen atoms in total. The first-order valence-corrected chi connectivity index (χ1v) is 6.88. The summed E-state index contributed by atoms with van der Waals surface area (Å²) < 4.78 is 5.12. The van der Waals surface area contributed by atoms with Crippen molar-refractivity contribution in [3.8, 4) is 5.75 Å². The molecule has 0 aliphatic heterocycles. The Balaban J connectivity index is 2.37. The summed E-state index contributed by atoms with van der Waals surface area (Å²) >= 11 is 0. The molecule has 0 radical (unpaired) electrons. The Kier molecular flexibility index (Phi) is 6.24. The lowest BCUT2D eigenvalue weighted by Crippen LogP contribution is -2.32. The monoisotopic (exact) mass is 293 g/mol. The highest BCUT2D eigenvalue weighted by molar-refractivity contribution is 5.67. The molecule has 0 saturated heterocycles. The standard InChI is InChI=1S/C16H23NO4/c1-16(2,3)21-15(20)17-9-5-4-6-12-7-8-14(19)13(10-12)11-18/h4,6-8,10,18-19H,5,9,11H2,1-3H3,(H,17,20). The SMILES string of the molecule is CC(C)(C)OC(=O)NCCC=Cc1ccc(O)c(CO)c1. The highest BCUT2D eigenvalue weighted by Crippen LogP contribution is 2.19. The van der Waals surface area contributed by atoms with Crippen LogP contribution in [0, 0.1) is 0 Å². The van der Waals surface area contributed by atoms with Crippen LogP contribution in [0.25, 0.3) is 6.08 Å². The van der Waals surface area contributed by atoms with E-state index in [0.29, 0.717) is 18.5 Å². The molecule has 0 spiro atoms. The van der Waals surface area contributed by atoms with Gasteiger partial charge < -0.3 is 20.3 Å². The van der Waals surface area contributed by atoms with Crippen LogP contribution in [0.3, 0.4) is 0 Å².